The van der Waals surface area contributed by atoms with Gasteiger partial charge in [0, 0.05) is 37.2 Å². The number of hydrogen-bond acceptors (Lipinski definition) is 4. The second kappa shape index (κ2) is 10.2. The first-order chi connectivity index (χ1) is 13.8. The molecular weight excluding hydrogens is 410 g/mol. The molecule has 1 aromatic carbocycles. The Hall–Kier alpha value is -1.15. The maximum atomic E-state index is 12.8. The molecule has 0 bridgehead atoms. The molecule has 0 aromatic heterocycles. The van der Waals surface area contributed by atoms with Gasteiger partial charge in [-0.15, -0.1) is 0 Å². The van der Waals surface area contributed by atoms with Crippen molar-refractivity contribution >= 4 is 27.5 Å². The van der Waals surface area contributed by atoms with Gasteiger partial charge in [0.25, 0.3) is 0 Å². The van der Waals surface area contributed by atoms with Crippen LogP contribution in [0.15, 0.2) is 24.3 Å². The summed E-state index contributed by atoms with van der Waals surface area (Å²) < 4.78 is 26.6. The highest BCUT2D eigenvalue weighted by Crippen LogP contribution is 2.21. The van der Waals surface area contributed by atoms with Crippen LogP contribution in [-0.4, -0.2) is 80.0 Å². The van der Waals surface area contributed by atoms with Crippen molar-refractivity contribution in [1.29, 1.82) is 0 Å². The van der Waals surface area contributed by atoms with Crippen molar-refractivity contribution in [2.45, 2.75) is 44.6 Å². The molecule has 0 N–H and O–H groups in total. The van der Waals surface area contributed by atoms with Crippen LogP contribution < -0.4 is 0 Å². The van der Waals surface area contributed by atoms with Gasteiger partial charge in [-0.05, 0) is 50.4 Å². The van der Waals surface area contributed by atoms with Gasteiger partial charge in [0.2, 0.25) is 15.9 Å². The van der Waals surface area contributed by atoms with Gasteiger partial charge in [-0.1, -0.05) is 36.2 Å². The molecule has 2 heterocycles. The van der Waals surface area contributed by atoms with E-state index in [1.165, 1.54) is 25.5 Å². The molecule has 0 radical (unpaired) electrons. The summed E-state index contributed by atoms with van der Waals surface area (Å²) in [5.41, 5.74) is 0.811. The molecule has 29 heavy (non-hydrogen) atoms. The molecule has 3 rings (SSSR count). The summed E-state index contributed by atoms with van der Waals surface area (Å²) in [6.07, 6.45) is 6.78. The smallest absolute Gasteiger partial charge is 0.227 e. The Morgan fingerprint density at radius 2 is 1.86 bits per heavy atom. The molecule has 2 aliphatic rings. The van der Waals surface area contributed by atoms with Crippen molar-refractivity contribution in [2.75, 3.05) is 45.5 Å². The monoisotopic (exact) mass is 441 g/mol. The molecule has 2 fully saturated rings. The number of nitrogens with zero attached hydrogens (tertiary/aromatic N) is 3. The van der Waals surface area contributed by atoms with Crippen LogP contribution in [0.3, 0.4) is 0 Å². The standard InChI is InChI=1S/C21H32ClN3O3S/c1-29(27,28)25(15-14-23-11-5-2-6-12-23)19-9-7-13-24(17-19)21(26)16-18-8-3-4-10-20(18)22/h3-4,8,10,19H,2,5-7,9,11-17H2,1H3. The third-order valence-corrected chi connectivity index (χ3v) is 7.67. The molecule has 1 unspecified atom stereocenters. The van der Waals surface area contributed by atoms with E-state index in [0.717, 1.165) is 38.0 Å². The van der Waals surface area contributed by atoms with Gasteiger partial charge in [0.1, 0.15) is 0 Å². The molecule has 1 aromatic rings. The number of benzene rings is 1. The quantitative estimate of drug-likeness (QED) is 0.652. The first-order valence-electron chi connectivity index (χ1n) is 10.5. The number of likely N-dealkylation sites (tertiary alicyclic amines) is 2. The predicted octanol–water partition coefficient (Wildman–Crippen LogP) is 2.62. The topological polar surface area (TPSA) is 60.9 Å². The minimum absolute atomic E-state index is 0.00674. The van der Waals surface area contributed by atoms with E-state index < -0.39 is 10.0 Å². The summed E-state index contributed by atoms with van der Waals surface area (Å²) in [6.45, 7) is 4.47. The van der Waals surface area contributed by atoms with Crippen molar-refractivity contribution in [3.05, 3.63) is 34.9 Å². The molecule has 0 spiro atoms. The van der Waals surface area contributed by atoms with Gasteiger partial charge in [0.05, 0.1) is 12.7 Å². The number of sulfonamides is 1. The Kier molecular flexibility index (Phi) is 7.96. The predicted molar refractivity (Wildman–Crippen MR) is 117 cm³/mol. The van der Waals surface area contributed by atoms with E-state index in [2.05, 4.69) is 4.90 Å². The summed E-state index contributed by atoms with van der Waals surface area (Å²) in [5, 5.41) is 0.591. The highest BCUT2D eigenvalue weighted by atomic mass is 35.5. The van der Waals surface area contributed by atoms with Gasteiger partial charge in [-0.25, -0.2) is 8.42 Å². The Labute approximate surface area is 179 Å². The van der Waals surface area contributed by atoms with Crippen LogP contribution in [0.4, 0.5) is 0 Å². The van der Waals surface area contributed by atoms with Crippen LogP contribution in [0.1, 0.15) is 37.7 Å². The van der Waals surface area contributed by atoms with Crippen LogP contribution >= 0.6 is 11.6 Å². The van der Waals surface area contributed by atoms with Crippen molar-refractivity contribution in [1.82, 2.24) is 14.1 Å². The van der Waals surface area contributed by atoms with E-state index in [1.54, 1.807) is 15.3 Å². The largest absolute Gasteiger partial charge is 0.341 e. The highest BCUT2D eigenvalue weighted by Gasteiger charge is 2.32. The summed E-state index contributed by atoms with van der Waals surface area (Å²) in [4.78, 5) is 17.0. The van der Waals surface area contributed by atoms with Gasteiger partial charge < -0.3 is 9.80 Å². The fraction of sp³-hybridized carbons (Fsp3) is 0.667. The first-order valence-corrected chi connectivity index (χ1v) is 12.8. The fourth-order valence-electron chi connectivity index (χ4n) is 4.37. The number of carbonyl (C=O) groups is 1. The number of rotatable bonds is 7. The van der Waals surface area contributed by atoms with Gasteiger partial charge >= 0.3 is 0 Å². The van der Waals surface area contributed by atoms with E-state index in [9.17, 15) is 13.2 Å². The Morgan fingerprint density at radius 1 is 1.14 bits per heavy atom. The minimum atomic E-state index is -3.33. The highest BCUT2D eigenvalue weighted by molar-refractivity contribution is 7.88. The Morgan fingerprint density at radius 3 is 2.55 bits per heavy atom. The Balaban J connectivity index is 1.62. The van der Waals surface area contributed by atoms with Gasteiger partial charge in [-0.2, -0.15) is 4.31 Å². The SMILES string of the molecule is CS(=O)(=O)N(CCN1CCCCC1)C1CCCN(C(=O)Cc2ccccc2Cl)C1. The summed E-state index contributed by atoms with van der Waals surface area (Å²) in [7, 11) is -3.33. The molecule has 2 saturated heterocycles. The summed E-state index contributed by atoms with van der Waals surface area (Å²) in [5.74, 6) is 0.00674. The van der Waals surface area contributed by atoms with Crippen molar-refractivity contribution in [2.24, 2.45) is 0 Å². The molecule has 1 atom stereocenters. The normalized spacial score (nSPS) is 21.5. The Bertz CT molecular complexity index is 796. The van der Waals surface area contributed by atoms with E-state index in [4.69, 9.17) is 11.6 Å². The van der Waals surface area contributed by atoms with E-state index in [-0.39, 0.29) is 18.4 Å². The average molecular weight is 442 g/mol. The number of carbonyl (C=O) groups excluding carboxylic acids is 1. The lowest BCUT2D eigenvalue weighted by Gasteiger charge is -2.39. The summed E-state index contributed by atoms with van der Waals surface area (Å²) >= 11 is 6.20. The number of hydrogen-bond donors (Lipinski definition) is 0. The second-order valence-corrected chi connectivity index (χ2v) is 10.5. The third-order valence-electron chi connectivity index (χ3n) is 5.97. The number of halogens is 1. The van der Waals surface area contributed by atoms with Crippen LogP contribution in [0.2, 0.25) is 5.02 Å². The lowest BCUT2D eigenvalue weighted by atomic mass is 10.0. The van der Waals surface area contributed by atoms with Gasteiger partial charge in [0.15, 0.2) is 0 Å². The zero-order valence-corrected chi connectivity index (χ0v) is 18.8. The van der Waals surface area contributed by atoms with Crippen LogP contribution in [-0.2, 0) is 21.2 Å². The molecule has 8 heteroatoms. The minimum Gasteiger partial charge on any atom is -0.341 e. The first kappa shape index (κ1) is 22.5. The second-order valence-electron chi connectivity index (χ2n) is 8.18. The van der Waals surface area contributed by atoms with Crippen molar-refractivity contribution < 1.29 is 13.2 Å². The number of amides is 1. The summed E-state index contributed by atoms with van der Waals surface area (Å²) in [6, 6.07) is 7.22. The molecule has 162 valence electrons. The molecule has 0 aliphatic carbocycles. The van der Waals surface area contributed by atoms with E-state index >= 15 is 0 Å². The van der Waals surface area contributed by atoms with Crippen molar-refractivity contribution in [3.8, 4) is 0 Å². The molecular formula is C21H32ClN3O3S. The maximum Gasteiger partial charge on any atom is 0.227 e. The van der Waals surface area contributed by atoms with E-state index in [1.807, 2.05) is 18.2 Å². The van der Waals surface area contributed by atoms with E-state index in [0.29, 0.717) is 24.7 Å². The maximum absolute atomic E-state index is 12.8. The lowest BCUT2D eigenvalue weighted by Crippen LogP contribution is -2.53. The zero-order chi connectivity index (χ0) is 20.9. The average Bonchev–Trinajstić information content (AvgIpc) is 2.70. The molecule has 1 amide bonds. The number of piperidine rings is 2. The van der Waals surface area contributed by atoms with Crippen LogP contribution in [0.25, 0.3) is 0 Å². The van der Waals surface area contributed by atoms with Gasteiger partial charge in [-0.3, -0.25) is 4.79 Å². The molecule has 0 saturated carbocycles. The molecule has 6 nitrogen and oxygen atoms in total. The van der Waals surface area contributed by atoms with Crippen molar-refractivity contribution in [3.63, 3.8) is 0 Å². The third kappa shape index (κ3) is 6.41. The fourth-order valence-corrected chi connectivity index (χ4v) is 5.70. The zero-order valence-electron chi connectivity index (χ0n) is 17.2. The lowest BCUT2D eigenvalue weighted by molar-refractivity contribution is -0.132. The van der Waals surface area contributed by atoms with Crippen LogP contribution in [0, 0.1) is 0 Å². The van der Waals surface area contributed by atoms with Crippen LogP contribution in [0.5, 0.6) is 0 Å². The molecule has 2 aliphatic heterocycles.